The lowest BCUT2D eigenvalue weighted by Gasteiger charge is -2.30. The van der Waals surface area contributed by atoms with E-state index >= 15 is 0 Å². The molecule has 2 heterocycles. The Kier molecular flexibility index (Phi) is 27.2. The van der Waals surface area contributed by atoms with E-state index in [0.29, 0.717) is 67.9 Å². The fourth-order valence-electron chi connectivity index (χ4n) is 7.01. The average molecular weight is 1170 g/mol. The molecule has 7 rings (SSSR count). The van der Waals surface area contributed by atoms with Gasteiger partial charge in [0, 0.05) is 103 Å². The molecule has 3 unspecified atom stereocenters. The number of hydrogen-bond donors (Lipinski definition) is 1. The topological polar surface area (TPSA) is 238 Å². The van der Waals surface area contributed by atoms with Crippen LogP contribution in [-0.2, 0) is 55.8 Å². The molecular formula is C52H63BrClN6O12P3. The summed E-state index contributed by atoms with van der Waals surface area (Å²) in [7, 11) is -7.61. The third kappa shape index (κ3) is 23.9. The molecule has 75 heavy (non-hydrogen) atoms. The Morgan fingerprint density at radius 2 is 1.12 bits per heavy atom. The lowest BCUT2D eigenvalue weighted by molar-refractivity contribution is -0.385. The average Bonchev–Trinajstić information content (AvgIpc) is 3.37. The van der Waals surface area contributed by atoms with Crippen molar-refractivity contribution in [3.05, 3.63) is 186 Å². The highest BCUT2D eigenvalue weighted by molar-refractivity contribution is 9.08. The van der Waals surface area contributed by atoms with Gasteiger partial charge in [-0.2, -0.15) is 0 Å². The van der Waals surface area contributed by atoms with Crippen LogP contribution in [0.5, 0.6) is 0 Å². The zero-order chi connectivity index (χ0) is 55.6. The number of nitrogens with zero attached hydrogens (tertiary/aromatic N) is 5. The molecule has 5 aromatic carbocycles. The fraction of sp³-hybridized carbons (Fsp3) is 0.327. The van der Waals surface area contributed by atoms with Crippen molar-refractivity contribution in [3.8, 4) is 0 Å². The monoisotopic (exact) mass is 1170 g/mol. The summed E-state index contributed by atoms with van der Waals surface area (Å²) >= 11 is 9.31. The molecule has 1 aliphatic heterocycles. The molecule has 0 radical (unpaired) electrons. The van der Waals surface area contributed by atoms with Crippen molar-refractivity contribution < 1.29 is 46.6 Å². The first-order valence-corrected chi connectivity index (χ1v) is 31.7. The van der Waals surface area contributed by atoms with Gasteiger partial charge in [-0.15, -0.1) is 0 Å². The van der Waals surface area contributed by atoms with Gasteiger partial charge in [-0.1, -0.05) is 88.2 Å². The number of morpholine rings is 1. The van der Waals surface area contributed by atoms with E-state index in [1.165, 1.54) is 24.3 Å². The van der Waals surface area contributed by atoms with E-state index in [2.05, 4.69) is 30.7 Å². The van der Waals surface area contributed by atoms with E-state index in [4.69, 9.17) is 42.2 Å². The molecule has 0 amide bonds. The molecule has 0 bridgehead atoms. The number of fused-ring (bicyclic) bond motifs is 1. The lowest BCUT2D eigenvalue weighted by atomic mass is 10.1. The van der Waals surface area contributed by atoms with Crippen LogP contribution in [0, 0.1) is 26.8 Å². The summed E-state index contributed by atoms with van der Waals surface area (Å²) in [6.45, 7) is 21.5. The van der Waals surface area contributed by atoms with Gasteiger partial charge in [0.25, 0.3) is 11.4 Å². The highest BCUT2D eigenvalue weighted by Crippen LogP contribution is 2.47. The number of nitro groups is 2. The van der Waals surface area contributed by atoms with Gasteiger partial charge in [-0.05, 0) is 79.4 Å². The molecule has 6 aromatic rings. The maximum Gasteiger partial charge on any atom is 0.269 e. The molecule has 0 aliphatic carbocycles. The largest absolute Gasteiger partial charge is 0.399 e. The van der Waals surface area contributed by atoms with Gasteiger partial charge in [0.2, 0.25) is 22.1 Å². The lowest BCUT2D eigenvalue weighted by Crippen LogP contribution is -2.36. The van der Waals surface area contributed by atoms with Crippen molar-refractivity contribution >= 4 is 95.3 Å². The second-order valence-electron chi connectivity index (χ2n) is 16.7. The molecule has 2 N–H and O–H groups in total. The fourth-order valence-corrected chi connectivity index (χ4v) is 12.1. The summed E-state index contributed by atoms with van der Waals surface area (Å²) in [6.07, 6.45) is 1.98. The zero-order valence-corrected chi connectivity index (χ0v) is 47.7. The number of aldehydes is 1. The van der Waals surface area contributed by atoms with E-state index in [9.17, 15) is 38.7 Å². The predicted molar refractivity (Wildman–Crippen MR) is 304 cm³/mol. The Labute approximate surface area is 451 Å². The Hall–Kier alpha value is -5.63. The second-order valence-corrected chi connectivity index (χ2v) is 25.5. The van der Waals surface area contributed by atoms with Crippen molar-refractivity contribution in [1.82, 2.24) is 4.98 Å². The maximum absolute atomic E-state index is 11.9. The molecule has 0 spiro atoms. The third-order valence-electron chi connectivity index (χ3n) is 10.4. The maximum atomic E-state index is 11.9. The van der Waals surface area contributed by atoms with Crippen LogP contribution in [-0.4, -0.2) is 87.2 Å². The Bertz CT molecular complexity index is 2960. The molecule has 23 heteroatoms. The zero-order valence-electron chi connectivity index (χ0n) is 42.7. The Morgan fingerprint density at radius 1 is 0.707 bits per heavy atom. The van der Waals surface area contributed by atoms with E-state index in [1.807, 2.05) is 56.3 Å². The predicted octanol–water partition coefficient (Wildman–Crippen LogP) is 14.5. The molecule has 1 fully saturated rings. The summed E-state index contributed by atoms with van der Waals surface area (Å²) in [4.78, 5) is 40.6. The third-order valence-corrected chi connectivity index (χ3v) is 16.5. The van der Waals surface area contributed by atoms with Crippen LogP contribution in [0.4, 0.5) is 28.4 Å². The Balaban J connectivity index is 0.000000250. The number of aromatic nitrogens is 1. The minimum Gasteiger partial charge on any atom is -0.399 e. The van der Waals surface area contributed by atoms with Gasteiger partial charge in [0.05, 0.1) is 55.0 Å². The van der Waals surface area contributed by atoms with Crippen LogP contribution in [0.15, 0.2) is 121 Å². The number of carbonyl (C=O) groups is 1. The standard InChI is InChI=1S/C14H13ClN2O2.C11H14NO2P.C10H14NO4P.C10H16NO2P.C7H6BrNO2/c15-10-1-2-13-12(7-10)14(8-11(9-18)16-13)17-3-5-19-6-4-17;1-4-14-15(3,13)9-10-5-7-11(12-2)8-6-10;1-3-15-16(2,14)8-9-4-6-10(7-5-9)11(12)13;1-3-13-14(2,12)8-9-4-6-10(11)7-5-9;8-5-6-1-3-7(4-2-6)9(10)11/h1-2,7-9H,3-6H2;5-8H,4,9H2,1,3H3;4-7H,3,8H2,1-2H3;4-7H,3,8,11H2,1-2H3;1-4H,5H2. The number of anilines is 2. The Morgan fingerprint density at radius 3 is 1.51 bits per heavy atom. The first kappa shape index (κ1) is 63.7. The van der Waals surface area contributed by atoms with Crippen LogP contribution < -0.4 is 10.6 Å². The van der Waals surface area contributed by atoms with Crippen molar-refractivity contribution in [2.75, 3.05) is 76.8 Å². The number of nitro benzene ring substituents is 2. The number of rotatable bonds is 17. The van der Waals surface area contributed by atoms with E-state index < -0.39 is 32.0 Å². The number of ether oxygens (including phenoxy) is 1. The van der Waals surface area contributed by atoms with E-state index in [-0.39, 0.29) is 11.4 Å². The van der Waals surface area contributed by atoms with Gasteiger partial charge in [0.1, 0.15) is 5.69 Å². The molecule has 3 atom stereocenters. The van der Waals surface area contributed by atoms with E-state index in [1.54, 1.807) is 81.5 Å². The van der Waals surface area contributed by atoms with Crippen molar-refractivity contribution in [2.24, 2.45) is 0 Å². The first-order valence-electron chi connectivity index (χ1n) is 23.4. The smallest absolute Gasteiger partial charge is 0.269 e. The normalized spacial score (nSPS) is 14.1. The van der Waals surface area contributed by atoms with Crippen LogP contribution in [0.2, 0.25) is 5.02 Å². The number of halogens is 2. The number of non-ortho nitro benzene ring substituents is 2. The van der Waals surface area contributed by atoms with E-state index in [0.717, 1.165) is 69.2 Å². The molecule has 1 aliphatic rings. The highest BCUT2D eigenvalue weighted by Gasteiger charge is 2.19. The quantitative estimate of drug-likeness (QED) is 0.0170. The summed E-state index contributed by atoms with van der Waals surface area (Å²) in [5, 5.41) is 23.0. The second kappa shape index (κ2) is 32.1. The van der Waals surface area contributed by atoms with Crippen LogP contribution in [0.3, 0.4) is 0 Å². The van der Waals surface area contributed by atoms with Gasteiger partial charge in [-0.3, -0.25) is 38.7 Å². The van der Waals surface area contributed by atoms with Crippen molar-refractivity contribution in [2.45, 2.75) is 44.6 Å². The van der Waals surface area contributed by atoms with Crippen molar-refractivity contribution in [3.63, 3.8) is 0 Å². The number of nitrogen functional groups attached to an aromatic ring is 1. The van der Waals surface area contributed by atoms with Gasteiger partial charge in [-0.25, -0.2) is 9.83 Å². The van der Waals surface area contributed by atoms with Crippen LogP contribution in [0.1, 0.15) is 53.5 Å². The summed E-state index contributed by atoms with van der Waals surface area (Å²) < 4.78 is 56.4. The number of carbonyl (C=O) groups excluding carboxylic acids is 1. The molecule has 1 saturated heterocycles. The van der Waals surface area contributed by atoms with Gasteiger partial charge < -0.3 is 28.9 Å². The molecule has 402 valence electrons. The summed E-state index contributed by atoms with van der Waals surface area (Å²) in [5.41, 5.74) is 13.0. The molecule has 18 nitrogen and oxygen atoms in total. The molecule has 0 saturated carbocycles. The summed E-state index contributed by atoms with van der Waals surface area (Å²) in [6, 6.07) is 34.3. The number of benzene rings is 5. The molecule has 1 aromatic heterocycles. The minimum absolute atomic E-state index is 0.0334. The number of nitrogens with two attached hydrogens (primary N) is 1. The van der Waals surface area contributed by atoms with Crippen LogP contribution >= 0.6 is 49.6 Å². The van der Waals surface area contributed by atoms with Crippen LogP contribution in [0.25, 0.3) is 15.7 Å². The molecular weight excluding hydrogens is 1110 g/mol. The van der Waals surface area contributed by atoms with Crippen molar-refractivity contribution in [1.29, 1.82) is 0 Å². The highest BCUT2D eigenvalue weighted by atomic mass is 79.9. The van der Waals surface area contributed by atoms with Gasteiger partial charge in [0.15, 0.2) is 12.0 Å². The first-order chi connectivity index (χ1) is 35.6. The number of alkyl halides is 1. The minimum atomic E-state index is -2.62. The number of hydrogen-bond acceptors (Lipinski definition) is 15. The number of pyridine rings is 1. The SMILES string of the molecule is CCOP(C)(=O)Cc1ccc(N)cc1.CCOP(C)(=O)Cc1ccc([N+](=O)[O-])cc1.O=Cc1cc(N2CCOCC2)c2cc(Cl)ccc2n1.O=[N+]([O-])c1ccc(CBr)cc1.[C-]#[N+]c1ccc(CP(C)(=O)OCC)cc1. The van der Waals surface area contributed by atoms with Gasteiger partial charge >= 0.3 is 0 Å². The summed E-state index contributed by atoms with van der Waals surface area (Å²) in [5.74, 6) is 0.